The number of nitrogens with zero attached hydrogens (tertiary/aromatic N) is 2. The largest absolute Gasteiger partial charge is 0.356 e. The topological polar surface area (TPSA) is 18.5 Å². The molecular formula is C43H37N3. The van der Waals surface area contributed by atoms with Crippen molar-refractivity contribution in [2.45, 2.75) is 6.92 Å². The van der Waals surface area contributed by atoms with Crippen LogP contribution in [0.3, 0.4) is 0 Å². The Morgan fingerprint density at radius 3 is 1.76 bits per heavy atom. The number of nitrogens with one attached hydrogen (secondary N) is 1. The maximum Gasteiger partial charge on any atom is 0.0943 e. The maximum atomic E-state index is 3.99. The van der Waals surface area contributed by atoms with Gasteiger partial charge in [-0.05, 0) is 90.4 Å². The van der Waals surface area contributed by atoms with Crippen molar-refractivity contribution in [1.82, 2.24) is 0 Å². The van der Waals surface area contributed by atoms with E-state index in [1.807, 2.05) is 43.3 Å². The molecule has 5 aromatic carbocycles. The molecule has 0 unspecified atom stereocenters. The van der Waals surface area contributed by atoms with E-state index in [1.54, 1.807) is 0 Å². The lowest BCUT2D eigenvalue weighted by Gasteiger charge is -2.24. The van der Waals surface area contributed by atoms with Crippen molar-refractivity contribution < 1.29 is 0 Å². The second-order valence-electron chi connectivity index (χ2n) is 11.0. The van der Waals surface area contributed by atoms with Gasteiger partial charge in [-0.15, -0.1) is 0 Å². The Morgan fingerprint density at radius 2 is 1.17 bits per heavy atom. The third kappa shape index (κ3) is 6.71. The molecule has 0 radical (unpaired) electrons. The molecule has 1 N–H and O–H groups in total. The van der Waals surface area contributed by atoms with E-state index in [1.165, 1.54) is 0 Å². The zero-order valence-corrected chi connectivity index (χ0v) is 26.3. The van der Waals surface area contributed by atoms with Gasteiger partial charge in [0.2, 0.25) is 0 Å². The standard InChI is InChI=1S/C43H37N3/c1-4-15-35(16-5-2)42-31-41(32-43(42)45(3)38-19-11-7-12-20-38)46(39-21-13-8-14-22-39)40-29-25-34(26-30-40)33-23-27-37(28-24-33)44-36-17-9-6-10-18-36/h4-31,44H,1H2,2-3H3/b16-5-,35-15+. The molecule has 0 amide bonds. The third-order valence-corrected chi connectivity index (χ3v) is 7.88. The highest BCUT2D eigenvalue weighted by atomic mass is 15.2. The zero-order valence-electron chi connectivity index (χ0n) is 26.3. The number of hydrogen-bond donors (Lipinski definition) is 1. The predicted molar refractivity (Wildman–Crippen MR) is 197 cm³/mol. The van der Waals surface area contributed by atoms with Crippen LogP contribution in [0.25, 0.3) is 11.1 Å². The van der Waals surface area contributed by atoms with Crippen LogP contribution in [0.5, 0.6) is 0 Å². The summed E-state index contributed by atoms with van der Waals surface area (Å²) in [5.74, 6) is 0. The molecule has 0 heterocycles. The summed E-state index contributed by atoms with van der Waals surface area (Å²) in [5.41, 5.74) is 15.6. The molecule has 3 heteroatoms. The molecular weight excluding hydrogens is 558 g/mol. The summed E-state index contributed by atoms with van der Waals surface area (Å²) in [6.07, 6.45) is 10.3. The fourth-order valence-electron chi connectivity index (χ4n) is 5.60. The van der Waals surface area contributed by atoms with Gasteiger partial charge in [0.1, 0.15) is 0 Å². The van der Waals surface area contributed by atoms with Crippen LogP contribution in [0.1, 0.15) is 6.92 Å². The first-order valence-corrected chi connectivity index (χ1v) is 15.5. The fraction of sp³-hybridized carbons (Fsp3) is 0.0465. The molecule has 1 aliphatic carbocycles. The highest BCUT2D eigenvalue weighted by molar-refractivity contribution is 5.77. The van der Waals surface area contributed by atoms with Crippen LogP contribution in [0, 0.1) is 0 Å². The number of likely N-dealkylation sites (N-methyl/N-ethyl adjacent to an activating group) is 1. The molecule has 0 fully saturated rings. The Balaban J connectivity index is 1.38. The van der Waals surface area contributed by atoms with Crippen LogP contribution in [-0.2, 0) is 0 Å². The van der Waals surface area contributed by atoms with E-state index in [0.29, 0.717) is 0 Å². The van der Waals surface area contributed by atoms with Crippen molar-refractivity contribution in [3.63, 3.8) is 0 Å². The normalized spacial score (nSPS) is 12.7. The summed E-state index contributed by atoms with van der Waals surface area (Å²) in [5, 5.41) is 3.46. The molecule has 0 saturated heterocycles. The van der Waals surface area contributed by atoms with Crippen molar-refractivity contribution >= 4 is 28.4 Å². The van der Waals surface area contributed by atoms with E-state index in [0.717, 1.165) is 62.1 Å². The van der Waals surface area contributed by atoms with Crippen molar-refractivity contribution in [2.75, 3.05) is 22.2 Å². The summed E-state index contributed by atoms with van der Waals surface area (Å²) < 4.78 is 0. The number of para-hydroxylation sites is 3. The molecule has 224 valence electrons. The molecule has 5 aromatic rings. The van der Waals surface area contributed by atoms with Crippen LogP contribution < -0.4 is 15.1 Å². The van der Waals surface area contributed by atoms with Crippen molar-refractivity contribution in [2.24, 2.45) is 0 Å². The Hall–Kier alpha value is -6.02. The Morgan fingerprint density at radius 1 is 0.652 bits per heavy atom. The summed E-state index contributed by atoms with van der Waals surface area (Å²) in [6.45, 7) is 6.02. The van der Waals surface area contributed by atoms with Crippen LogP contribution in [0.15, 0.2) is 205 Å². The van der Waals surface area contributed by atoms with Gasteiger partial charge in [-0.1, -0.05) is 115 Å². The van der Waals surface area contributed by atoms with Crippen molar-refractivity contribution in [1.29, 1.82) is 0 Å². The minimum atomic E-state index is 0.961. The van der Waals surface area contributed by atoms with Gasteiger partial charge < -0.3 is 15.1 Å². The van der Waals surface area contributed by atoms with Crippen molar-refractivity contribution in [3.8, 4) is 11.1 Å². The van der Waals surface area contributed by atoms with Crippen LogP contribution in [-0.4, -0.2) is 7.05 Å². The second kappa shape index (κ2) is 14.2. The Kier molecular flexibility index (Phi) is 9.25. The van der Waals surface area contributed by atoms with E-state index >= 15 is 0 Å². The zero-order chi connectivity index (χ0) is 31.7. The van der Waals surface area contributed by atoms with E-state index < -0.39 is 0 Å². The van der Waals surface area contributed by atoms with Gasteiger partial charge >= 0.3 is 0 Å². The quantitative estimate of drug-likeness (QED) is 0.121. The highest BCUT2D eigenvalue weighted by Crippen LogP contribution is 2.38. The van der Waals surface area contributed by atoms with Gasteiger partial charge in [0.25, 0.3) is 0 Å². The summed E-state index contributed by atoms with van der Waals surface area (Å²) in [7, 11) is 2.10. The van der Waals surface area contributed by atoms with Gasteiger partial charge in [0.05, 0.1) is 11.4 Å². The maximum absolute atomic E-state index is 3.99. The van der Waals surface area contributed by atoms with Crippen LogP contribution >= 0.6 is 0 Å². The number of benzene rings is 5. The molecule has 0 aromatic heterocycles. The Labute approximate surface area is 272 Å². The molecule has 0 saturated carbocycles. The number of anilines is 5. The fourth-order valence-corrected chi connectivity index (χ4v) is 5.60. The number of allylic oxidation sites excluding steroid dienone is 5. The summed E-state index contributed by atoms with van der Waals surface area (Å²) >= 11 is 0. The molecule has 3 nitrogen and oxygen atoms in total. The third-order valence-electron chi connectivity index (χ3n) is 7.88. The van der Waals surface area contributed by atoms with E-state index in [9.17, 15) is 0 Å². The minimum absolute atomic E-state index is 0.961. The van der Waals surface area contributed by atoms with Gasteiger partial charge in [0.15, 0.2) is 0 Å². The van der Waals surface area contributed by atoms with Gasteiger partial charge in [-0.3, -0.25) is 0 Å². The summed E-state index contributed by atoms with van der Waals surface area (Å²) in [4.78, 5) is 4.46. The van der Waals surface area contributed by atoms with E-state index in [-0.39, 0.29) is 0 Å². The molecule has 0 bridgehead atoms. The smallest absolute Gasteiger partial charge is 0.0943 e. The molecule has 1 aliphatic rings. The van der Waals surface area contributed by atoms with E-state index in [2.05, 4.69) is 168 Å². The van der Waals surface area contributed by atoms with Crippen molar-refractivity contribution in [3.05, 3.63) is 205 Å². The molecule has 6 rings (SSSR count). The first-order chi connectivity index (χ1) is 22.6. The molecule has 0 atom stereocenters. The second-order valence-corrected chi connectivity index (χ2v) is 11.0. The average Bonchev–Trinajstić information content (AvgIpc) is 3.55. The first kappa shape index (κ1) is 30.0. The van der Waals surface area contributed by atoms with Gasteiger partial charge in [0, 0.05) is 41.1 Å². The molecule has 0 spiro atoms. The van der Waals surface area contributed by atoms with Crippen LogP contribution in [0.2, 0.25) is 0 Å². The van der Waals surface area contributed by atoms with Gasteiger partial charge in [-0.2, -0.15) is 0 Å². The number of rotatable bonds is 11. The minimum Gasteiger partial charge on any atom is -0.356 e. The monoisotopic (exact) mass is 595 g/mol. The lowest BCUT2D eigenvalue weighted by atomic mass is 10.0. The highest BCUT2D eigenvalue weighted by Gasteiger charge is 2.24. The number of hydrogen-bond acceptors (Lipinski definition) is 3. The van der Waals surface area contributed by atoms with Crippen LogP contribution in [0.4, 0.5) is 28.4 Å². The SMILES string of the molecule is C=C/C=C(\C=C/C)C1=CC(N(c2ccccc2)c2ccc(-c3ccc(Nc4ccccc4)cc3)cc2)=C=C1N(C)c1ccccc1. The summed E-state index contributed by atoms with van der Waals surface area (Å²) in [6, 6.07) is 48.4. The predicted octanol–water partition coefficient (Wildman–Crippen LogP) is 11.4. The first-order valence-electron chi connectivity index (χ1n) is 15.5. The average molecular weight is 596 g/mol. The molecule has 46 heavy (non-hydrogen) atoms. The lowest BCUT2D eigenvalue weighted by Crippen LogP contribution is -2.17. The Bertz CT molecular complexity index is 1940. The lowest BCUT2D eigenvalue weighted by molar-refractivity contribution is 1.12. The van der Waals surface area contributed by atoms with Gasteiger partial charge in [-0.25, -0.2) is 0 Å². The van der Waals surface area contributed by atoms with E-state index in [4.69, 9.17) is 0 Å². The molecule has 0 aliphatic heterocycles.